The van der Waals surface area contributed by atoms with Crippen LogP contribution in [0, 0.1) is 12.3 Å². The predicted molar refractivity (Wildman–Crippen MR) is 89.5 cm³/mol. The van der Waals surface area contributed by atoms with Crippen molar-refractivity contribution in [2.24, 2.45) is 5.41 Å². The molecule has 0 bridgehead atoms. The third-order valence-electron chi connectivity index (χ3n) is 5.39. The Labute approximate surface area is 128 Å². The highest BCUT2D eigenvalue weighted by molar-refractivity contribution is 5.79. The first kappa shape index (κ1) is 14.5. The van der Waals surface area contributed by atoms with Gasteiger partial charge in [0.15, 0.2) is 0 Å². The van der Waals surface area contributed by atoms with Crippen LogP contribution in [0.3, 0.4) is 0 Å². The second kappa shape index (κ2) is 5.76. The van der Waals surface area contributed by atoms with Crippen molar-refractivity contribution in [3.8, 4) is 0 Å². The summed E-state index contributed by atoms with van der Waals surface area (Å²) in [7, 11) is 2.11. The maximum atomic E-state index is 4.62. The molecule has 21 heavy (non-hydrogen) atoms. The van der Waals surface area contributed by atoms with Gasteiger partial charge in [0.1, 0.15) is 0 Å². The van der Waals surface area contributed by atoms with E-state index in [1.807, 2.05) is 6.92 Å². The maximum Gasteiger partial charge on any atom is 0.0705 e. The van der Waals surface area contributed by atoms with Crippen LogP contribution >= 0.6 is 0 Å². The number of nitrogens with zero attached hydrogens (tertiary/aromatic N) is 1. The lowest BCUT2D eigenvalue weighted by Gasteiger charge is -2.37. The van der Waals surface area contributed by atoms with Gasteiger partial charge in [0.2, 0.25) is 0 Å². The average molecular weight is 282 g/mol. The Bertz CT molecular complexity index is 626. The first-order valence-corrected chi connectivity index (χ1v) is 8.23. The minimum atomic E-state index is 0.431. The molecule has 2 aromatic rings. The molecule has 0 saturated heterocycles. The molecule has 112 valence electrons. The molecule has 1 aromatic heterocycles. The highest BCUT2D eigenvalue weighted by Gasteiger charge is 2.39. The standard InChI is InChI=1S/C19H26N2/c1-4-19(11-5-6-12-19)18(20-3)16-9-10-17-15(13-16)8-7-14(2)21-17/h7-10,13,18,20H,4-6,11-12H2,1-3H3. The van der Waals surface area contributed by atoms with Crippen LogP contribution in [0.5, 0.6) is 0 Å². The number of benzene rings is 1. The van der Waals surface area contributed by atoms with Crippen LogP contribution in [-0.2, 0) is 0 Å². The minimum Gasteiger partial charge on any atom is -0.313 e. The van der Waals surface area contributed by atoms with Crippen molar-refractivity contribution < 1.29 is 0 Å². The van der Waals surface area contributed by atoms with Crippen molar-refractivity contribution in [3.63, 3.8) is 0 Å². The van der Waals surface area contributed by atoms with E-state index in [1.54, 1.807) is 0 Å². The largest absolute Gasteiger partial charge is 0.313 e. The highest BCUT2D eigenvalue weighted by atomic mass is 14.9. The average Bonchev–Trinajstić information content (AvgIpc) is 2.98. The molecule has 1 fully saturated rings. The van der Waals surface area contributed by atoms with E-state index in [2.05, 4.69) is 54.6 Å². The molecule has 1 atom stereocenters. The Morgan fingerprint density at radius 1 is 1.19 bits per heavy atom. The number of pyridine rings is 1. The lowest BCUT2D eigenvalue weighted by molar-refractivity contribution is 0.195. The van der Waals surface area contributed by atoms with E-state index in [0.29, 0.717) is 11.5 Å². The van der Waals surface area contributed by atoms with Crippen LogP contribution in [0.4, 0.5) is 0 Å². The van der Waals surface area contributed by atoms with Crippen molar-refractivity contribution in [3.05, 3.63) is 41.6 Å². The van der Waals surface area contributed by atoms with Crippen LogP contribution in [0.2, 0.25) is 0 Å². The molecule has 0 radical (unpaired) electrons. The first-order valence-electron chi connectivity index (χ1n) is 8.23. The number of rotatable bonds is 4. The Morgan fingerprint density at radius 2 is 1.95 bits per heavy atom. The Hall–Kier alpha value is -1.41. The van der Waals surface area contributed by atoms with E-state index in [9.17, 15) is 0 Å². The molecule has 2 nitrogen and oxygen atoms in total. The van der Waals surface area contributed by atoms with Gasteiger partial charge in [-0.1, -0.05) is 31.9 Å². The summed E-state index contributed by atoms with van der Waals surface area (Å²) in [5.41, 5.74) is 4.03. The smallest absolute Gasteiger partial charge is 0.0705 e. The van der Waals surface area contributed by atoms with Crippen LogP contribution in [0.25, 0.3) is 10.9 Å². The summed E-state index contributed by atoms with van der Waals surface area (Å²) in [5, 5.41) is 4.86. The van der Waals surface area contributed by atoms with Gasteiger partial charge in [0.05, 0.1) is 5.52 Å². The molecule has 0 spiro atoms. The molecule has 1 aromatic carbocycles. The van der Waals surface area contributed by atoms with Crippen LogP contribution in [0.1, 0.15) is 56.3 Å². The molecule has 1 heterocycles. The van der Waals surface area contributed by atoms with Gasteiger partial charge >= 0.3 is 0 Å². The molecular weight excluding hydrogens is 256 g/mol. The predicted octanol–water partition coefficient (Wildman–Crippen LogP) is 4.77. The fourth-order valence-corrected chi connectivity index (χ4v) is 4.18. The summed E-state index contributed by atoms with van der Waals surface area (Å²) >= 11 is 0. The highest BCUT2D eigenvalue weighted by Crippen LogP contribution is 2.50. The third-order valence-corrected chi connectivity index (χ3v) is 5.39. The zero-order valence-electron chi connectivity index (χ0n) is 13.4. The molecule has 3 rings (SSSR count). The molecule has 1 N–H and O–H groups in total. The SMILES string of the molecule is CCC1(C(NC)c2ccc3nc(C)ccc3c2)CCCC1. The number of aromatic nitrogens is 1. The molecule has 1 aliphatic rings. The lowest BCUT2D eigenvalue weighted by atomic mass is 9.73. The molecule has 2 heteroatoms. The monoisotopic (exact) mass is 282 g/mol. The minimum absolute atomic E-state index is 0.431. The number of hydrogen-bond acceptors (Lipinski definition) is 2. The van der Waals surface area contributed by atoms with E-state index in [1.165, 1.54) is 43.1 Å². The summed E-state index contributed by atoms with van der Waals surface area (Å²) < 4.78 is 0. The Kier molecular flexibility index (Phi) is 3.99. The van der Waals surface area contributed by atoms with Gasteiger partial charge in [-0.05, 0) is 62.4 Å². The Morgan fingerprint density at radius 3 is 2.62 bits per heavy atom. The van der Waals surface area contributed by atoms with Crippen LogP contribution in [-0.4, -0.2) is 12.0 Å². The van der Waals surface area contributed by atoms with Gasteiger partial charge in [-0.3, -0.25) is 4.98 Å². The fraction of sp³-hybridized carbons (Fsp3) is 0.526. The molecule has 0 amide bonds. The summed E-state index contributed by atoms with van der Waals surface area (Å²) in [4.78, 5) is 4.62. The van der Waals surface area contributed by atoms with Crippen molar-refractivity contribution in [1.82, 2.24) is 10.3 Å². The quantitative estimate of drug-likeness (QED) is 0.873. The van der Waals surface area contributed by atoms with Gasteiger partial charge in [-0.2, -0.15) is 0 Å². The molecule has 1 saturated carbocycles. The molecular formula is C19H26N2. The van der Waals surface area contributed by atoms with Crippen molar-refractivity contribution in [2.45, 2.75) is 52.0 Å². The molecule has 0 aliphatic heterocycles. The second-order valence-electron chi connectivity index (χ2n) is 6.55. The number of hydrogen-bond donors (Lipinski definition) is 1. The number of aryl methyl sites for hydroxylation is 1. The summed E-state index contributed by atoms with van der Waals surface area (Å²) in [6.45, 7) is 4.40. The second-order valence-corrected chi connectivity index (χ2v) is 6.55. The van der Waals surface area contributed by atoms with Crippen molar-refractivity contribution >= 4 is 10.9 Å². The molecule has 1 unspecified atom stereocenters. The normalized spacial score (nSPS) is 19.0. The fourth-order valence-electron chi connectivity index (χ4n) is 4.18. The van der Waals surface area contributed by atoms with E-state index in [4.69, 9.17) is 0 Å². The van der Waals surface area contributed by atoms with Crippen molar-refractivity contribution in [1.29, 1.82) is 0 Å². The van der Waals surface area contributed by atoms with E-state index in [-0.39, 0.29) is 0 Å². The van der Waals surface area contributed by atoms with Gasteiger partial charge in [-0.25, -0.2) is 0 Å². The van der Waals surface area contributed by atoms with E-state index >= 15 is 0 Å². The van der Waals surface area contributed by atoms with Gasteiger partial charge in [-0.15, -0.1) is 0 Å². The maximum absolute atomic E-state index is 4.62. The number of nitrogens with one attached hydrogen (secondary N) is 1. The first-order chi connectivity index (χ1) is 10.2. The van der Waals surface area contributed by atoms with E-state index < -0.39 is 0 Å². The van der Waals surface area contributed by atoms with E-state index in [0.717, 1.165) is 11.2 Å². The van der Waals surface area contributed by atoms with Crippen LogP contribution in [0.15, 0.2) is 30.3 Å². The molecule has 1 aliphatic carbocycles. The number of fused-ring (bicyclic) bond motifs is 1. The zero-order valence-corrected chi connectivity index (χ0v) is 13.4. The summed E-state index contributed by atoms with van der Waals surface area (Å²) in [6, 6.07) is 11.5. The topological polar surface area (TPSA) is 24.9 Å². The van der Waals surface area contributed by atoms with Gasteiger partial charge < -0.3 is 5.32 Å². The summed E-state index contributed by atoms with van der Waals surface area (Å²) in [5.74, 6) is 0. The lowest BCUT2D eigenvalue weighted by Crippen LogP contribution is -2.34. The van der Waals surface area contributed by atoms with Crippen molar-refractivity contribution in [2.75, 3.05) is 7.05 Å². The van der Waals surface area contributed by atoms with Gasteiger partial charge in [0, 0.05) is 17.1 Å². The van der Waals surface area contributed by atoms with Crippen LogP contribution < -0.4 is 5.32 Å². The van der Waals surface area contributed by atoms with Gasteiger partial charge in [0.25, 0.3) is 0 Å². The third kappa shape index (κ3) is 2.57. The Balaban J connectivity index is 2.02. The zero-order chi connectivity index (χ0) is 14.9. The summed E-state index contributed by atoms with van der Waals surface area (Å²) in [6.07, 6.45) is 6.70.